The van der Waals surface area contributed by atoms with Crippen molar-refractivity contribution in [2.75, 3.05) is 13.2 Å². The minimum absolute atomic E-state index is 0.124. The molecule has 108 valence electrons. The lowest BCUT2D eigenvalue weighted by Gasteiger charge is -2.31. The van der Waals surface area contributed by atoms with Crippen LogP contribution < -0.4 is 5.32 Å². The van der Waals surface area contributed by atoms with Gasteiger partial charge in [-0.15, -0.1) is 0 Å². The molecule has 2 rings (SSSR count). The number of carbonyl (C=O) groups is 3. The molecule has 0 aliphatic carbocycles. The van der Waals surface area contributed by atoms with E-state index in [0.29, 0.717) is 5.56 Å². The lowest BCUT2D eigenvalue weighted by atomic mass is 10.1. The summed E-state index contributed by atoms with van der Waals surface area (Å²) in [5.41, 5.74) is 0.681. The van der Waals surface area contributed by atoms with Crippen molar-refractivity contribution < 1.29 is 19.5 Å². The number of amides is 3. The third-order valence-corrected chi connectivity index (χ3v) is 2.98. The molecule has 2 heterocycles. The fraction of sp³-hybridized carbons (Fsp3) is 0.286. The van der Waals surface area contributed by atoms with E-state index in [0.717, 1.165) is 0 Å². The Balaban J connectivity index is 2.19. The van der Waals surface area contributed by atoms with Crippen LogP contribution in [0.25, 0.3) is 0 Å². The van der Waals surface area contributed by atoms with Gasteiger partial charge in [-0.25, -0.2) is 4.98 Å². The fourth-order valence-electron chi connectivity index (χ4n) is 1.85. The van der Waals surface area contributed by atoms with Crippen molar-refractivity contribution in [3.8, 4) is 11.8 Å². The molecule has 1 aromatic rings. The Morgan fingerprint density at radius 2 is 2.29 bits per heavy atom. The van der Waals surface area contributed by atoms with Crippen LogP contribution in [-0.2, 0) is 9.59 Å². The van der Waals surface area contributed by atoms with Gasteiger partial charge in [-0.1, -0.05) is 11.8 Å². The van der Waals surface area contributed by atoms with Crippen LogP contribution in [-0.4, -0.2) is 51.9 Å². The Hall–Kier alpha value is -2.72. The number of pyridine rings is 1. The SMILES string of the molecule is CC1C(=O)NC(=O)CN1C(=O)c1ccc(C#CCO)cn1. The molecule has 0 saturated carbocycles. The van der Waals surface area contributed by atoms with Crippen molar-refractivity contribution in [1.29, 1.82) is 0 Å². The second-order valence-corrected chi connectivity index (χ2v) is 4.41. The van der Waals surface area contributed by atoms with Crippen molar-refractivity contribution in [3.63, 3.8) is 0 Å². The van der Waals surface area contributed by atoms with Crippen LogP contribution in [0.2, 0.25) is 0 Å². The van der Waals surface area contributed by atoms with E-state index in [9.17, 15) is 14.4 Å². The normalized spacial score (nSPS) is 17.8. The fourth-order valence-corrected chi connectivity index (χ4v) is 1.85. The molecule has 1 saturated heterocycles. The lowest BCUT2D eigenvalue weighted by molar-refractivity contribution is -0.138. The average molecular weight is 287 g/mol. The predicted octanol–water partition coefficient (Wildman–Crippen LogP) is -1.09. The van der Waals surface area contributed by atoms with Crippen LogP contribution in [0.15, 0.2) is 18.3 Å². The van der Waals surface area contributed by atoms with Crippen LogP contribution >= 0.6 is 0 Å². The molecular formula is C14H13N3O4. The summed E-state index contributed by atoms with van der Waals surface area (Å²) in [6.45, 7) is 1.10. The summed E-state index contributed by atoms with van der Waals surface area (Å²) in [6, 6.07) is 2.32. The summed E-state index contributed by atoms with van der Waals surface area (Å²) in [5.74, 6) is 3.61. The predicted molar refractivity (Wildman–Crippen MR) is 71.8 cm³/mol. The zero-order valence-electron chi connectivity index (χ0n) is 11.3. The molecular weight excluding hydrogens is 274 g/mol. The van der Waals surface area contributed by atoms with Crippen LogP contribution in [0.3, 0.4) is 0 Å². The highest BCUT2D eigenvalue weighted by Crippen LogP contribution is 2.10. The molecule has 1 fully saturated rings. The average Bonchev–Trinajstić information content (AvgIpc) is 2.48. The van der Waals surface area contributed by atoms with Gasteiger partial charge in [-0.3, -0.25) is 19.7 Å². The molecule has 0 bridgehead atoms. The maximum Gasteiger partial charge on any atom is 0.273 e. The minimum atomic E-state index is -0.731. The summed E-state index contributed by atoms with van der Waals surface area (Å²) in [7, 11) is 0. The summed E-state index contributed by atoms with van der Waals surface area (Å²) in [5, 5.41) is 10.8. The lowest BCUT2D eigenvalue weighted by Crippen LogP contribution is -2.58. The van der Waals surface area contributed by atoms with Gasteiger partial charge in [0.1, 0.15) is 24.9 Å². The number of hydrogen-bond acceptors (Lipinski definition) is 5. The first-order chi connectivity index (χ1) is 10.0. The maximum absolute atomic E-state index is 12.3. The zero-order valence-corrected chi connectivity index (χ0v) is 11.3. The van der Waals surface area contributed by atoms with Gasteiger partial charge in [0, 0.05) is 11.8 Å². The first-order valence-electron chi connectivity index (χ1n) is 6.23. The topological polar surface area (TPSA) is 99.6 Å². The molecule has 1 unspecified atom stereocenters. The number of imide groups is 1. The van der Waals surface area contributed by atoms with Crippen molar-refractivity contribution in [2.24, 2.45) is 0 Å². The van der Waals surface area contributed by atoms with Gasteiger partial charge < -0.3 is 10.0 Å². The van der Waals surface area contributed by atoms with Gasteiger partial charge in [0.05, 0.1) is 0 Å². The van der Waals surface area contributed by atoms with Gasteiger partial charge in [-0.05, 0) is 19.1 Å². The molecule has 7 heteroatoms. The van der Waals surface area contributed by atoms with Crippen LogP contribution in [0.5, 0.6) is 0 Å². The highest BCUT2D eigenvalue weighted by atomic mass is 16.2. The second-order valence-electron chi connectivity index (χ2n) is 4.41. The van der Waals surface area contributed by atoms with Gasteiger partial charge in [0.25, 0.3) is 5.91 Å². The van der Waals surface area contributed by atoms with E-state index in [1.807, 2.05) is 0 Å². The molecule has 2 N–H and O–H groups in total. The number of carbonyl (C=O) groups excluding carboxylic acids is 3. The Morgan fingerprint density at radius 3 is 2.90 bits per heavy atom. The summed E-state index contributed by atoms with van der Waals surface area (Å²) in [6.07, 6.45) is 1.40. The third-order valence-electron chi connectivity index (χ3n) is 2.98. The number of piperazine rings is 1. The van der Waals surface area contributed by atoms with E-state index in [1.54, 1.807) is 13.0 Å². The van der Waals surface area contributed by atoms with Gasteiger partial charge in [0.15, 0.2) is 0 Å². The quantitative estimate of drug-likeness (QED) is 0.505. The Morgan fingerprint density at radius 1 is 1.52 bits per heavy atom. The molecule has 1 aliphatic heterocycles. The number of hydrogen-bond donors (Lipinski definition) is 2. The molecule has 7 nitrogen and oxygen atoms in total. The molecule has 0 spiro atoms. The van der Waals surface area contributed by atoms with E-state index < -0.39 is 23.8 Å². The molecule has 0 radical (unpaired) electrons. The van der Waals surface area contributed by atoms with Crippen molar-refractivity contribution in [2.45, 2.75) is 13.0 Å². The van der Waals surface area contributed by atoms with Crippen molar-refractivity contribution >= 4 is 17.7 Å². The second kappa shape index (κ2) is 6.15. The molecule has 21 heavy (non-hydrogen) atoms. The van der Waals surface area contributed by atoms with E-state index >= 15 is 0 Å². The molecule has 1 aliphatic rings. The highest BCUT2D eigenvalue weighted by molar-refractivity contribution is 6.06. The smallest absolute Gasteiger partial charge is 0.273 e. The zero-order chi connectivity index (χ0) is 15.4. The summed E-state index contributed by atoms with van der Waals surface area (Å²) >= 11 is 0. The minimum Gasteiger partial charge on any atom is -0.384 e. The Labute approximate surface area is 121 Å². The van der Waals surface area contributed by atoms with E-state index in [-0.39, 0.29) is 18.8 Å². The number of aliphatic hydroxyl groups excluding tert-OH is 1. The van der Waals surface area contributed by atoms with Crippen LogP contribution in [0.1, 0.15) is 23.0 Å². The van der Waals surface area contributed by atoms with E-state index in [2.05, 4.69) is 22.1 Å². The maximum atomic E-state index is 12.3. The molecule has 0 aromatic carbocycles. The largest absolute Gasteiger partial charge is 0.384 e. The number of aromatic nitrogens is 1. The number of nitrogens with one attached hydrogen (secondary N) is 1. The van der Waals surface area contributed by atoms with Gasteiger partial charge >= 0.3 is 0 Å². The Kier molecular flexibility index (Phi) is 4.30. The number of rotatable bonds is 1. The third kappa shape index (κ3) is 3.24. The molecule has 1 atom stereocenters. The van der Waals surface area contributed by atoms with Crippen LogP contribution in [0, 0.1) is 11.8 Å². The molecule has 3 amide bonds. The number of aliphatic hydroxyl groups is 1. The van der Waals surface area contributed by atoms with Crippen molar-refractivity contribution in [3.05, 3.63) is 29.6 Å². The highest BCUT2D eigenvalue weighted by Gasteiger charge is 2.34. The van der Waals surface area contributed by atoms with Gasteiger partial charge in [0.2, 0.25) is 11.8 Å². The standard InChI is InChI=1S/C14H13N3O4/c1-9-13(20)16-12(19)8-17(9)14(21)11-5-4-10(7-15-11)3-2-6-18/h4-5,7,9,18H,6,8H2,1H3,(H,16,19,20). The van der Waals surface area contributed by atoms with E-state index in [4.69, 9.17) is 5.11 Å². The molecule has 1 aromatic heterocycles. The monoisotopic (exact) mass is 287 g/mol. The Bertz CT molecular complexity index is 642. The van der Waals surface area contributed by atoms with Crippen molar-refractivity contribution in [1.82, 2.24) is 15.2 Å². The van der Waals surface area contributed by atoms with Crippen LogP contribution in [0.4, 0.5) is 0 Å². The summed E-state index contributed by atoms with van der Waals surface area (Å²) in [4.78, 5) is 40.3. The first-order valence-corrected chi connectivity index (χ1v) is 6.23. The first kappa shape index (κ1) is 14.7. The van der Waals surface area contributed by atoms with E-state index in [1.165, 1.54) is 17.2 Å². The van der Waals surface area contributed by atoms with Gasteiger partial charge in [-0.2, -0.15) is 0 Å². The number of nitrogens with zero attached hydrogens (tertiary/aromatic N) is 2. The summed E-state index contributed by atoms with van der Waals surface area (Å²) < 4.78 is 0.